The molecule has 0 aliphatic carbocycles. The first-order valence-corrected chi connectivity index (χ1v) is 8.07. The van der Waals surface area contributed by atoms with E-state index in [2.05, 4.69) is 37.9 Å². The average molecular weight is 270 g/mol. The molecule has 1 heterocycles. The molecule has 1 aliphatic heterocycles. The van der Waals surface area contributed by atoms with Gasteiger partial charge in [0.1, 0.15) is 0 Å². The lowest BCUT2D eigenvalue weighted by Crippen LogP contribution is -2.45. The van der Waals surface area contributed by atoms with E-state index in [0.717, 1.165) is 24.8 Å². The van der Waals surface area contributed by atoms with E-state index in [0.29, 0.717) is 0 Å². The number of unbranched alkanes of at least 4 members (excludes halogenated alkanes) is 1. The van der Waals surface area contributed by atoms with Gasteiger partial charge in [-0.3, -0.25) is 0 Å². The number of likely N-dealkylation sites (tertiary alicyclic amines) is 1. The van der Waals surface area contributed by atoms with Crippen LogP contribution in [0.15, 0.2) is 0 Å². The van der Waals surface area contributed by atoms with Crippen LogP contribution in [0.3, 0.4) is 0 Å². The molecule has 1 fully saturated rings. The second-order valence-electron chi connectivity index (χ2n) is 6.91. The fraction of sp³-hybridized carbons (Fsp3) is 1.00. The minimum atomic E-state index is -0.0861. The number of hydrogen-bond donors (Lipinski definition) is 2. The quantitative estimate of drug-likeness (QED) is 0.665. The molecule has 0 spiro atoms. The predicted octanol–water partition coefficient (Wildman–Crippen LogP) is 2.50. The van der Waals surface area contributed by atoms with Gasteiger partial charge in [0.15, 0.2) is 0 Å². The number of aliphatic hydroxyl groups excluding tert-OH is 1. The number of likely N-dealkylation sites (N-methyl/N-ethyl adjacent to an activating group) is 1. The number of nitrogens with zero attached hydrogens (tertiary/aromatic N) is 1. The number of nitrogens with one attached hydrogen (secondary N) is 1. The minimum Gasteiger partial charge on any atom is -0.394 e. The van der Waals surface area contributed by atoms with Crippen molar-refractivity contribution in [3.8, 4) is 0 Å². The van der Waals surface area contributed by atoms with Crippen LogP contribution in [0.25, 0.3) is 0 Å². The molecule has 3 unspecified atom stereocenters. The van der Waals surface area contributed by atoms with E-state index in [9.17, 15) is 5.11 Å². The zero-order valence-electron chi connectivity index (χ0n) is 13.4. The average Bonchev–Trinajstić information content (AvgIpc) is 2.34. The van der Waals surface area contributed by atoms with Crippen LogP contribution in [-0.4, -0.2) is 48.3 Å². The molecule has 1 rings (SSSR count). The highest BCUT2D eigenvalue weighted by atomic mass is 16.3. The summed E-state index contributed by atoms with van der Waals surface area (Å²) >= 11 is 0. The minimum absolute atomic E-state index is 0.0861. The fourth-order valence-corrected chi connectivity index (χ4v) is 3.48. The van der Waals surface area contributed by atoms with Gasteiger partial charge in [-0.05, 0) is 51.1 Å². The Morgan fingerprint density at radius 2 is 1.84 bits per heavy atom. The highest BCUT2D eigenvalue weighted by Gasteiger charge is 2.23. The Balaban J connectivity index is 2.19. The molecule has 0 radical (unpaired) electrons. The van der Waals surface area contributed by atoms with Gasteiger partial charge >= 0.3 is 0 Å². The molecule has 1 aliphatic rings. The van der Waals surface area contributed by atoms with Crippen molar-refractivity contribution in [2.45, 2.75) is 58.9 Å². The Labute approximate surface area is 119 Å². The largest absolute Gasteiger partial charge is 0.394 e. The van der Waals surface area contributed by atoms with Crippen molar-refractivity contribution in [3.05, 3.63) is 0 Å². The molecule has 0 aromatic rings. The predicted molar refractivity (Wildman–Crippen MR) is 82.4 cm³/mol. The topological polar surface area (TPSA) is 35.5 Å². The van der Waals surface area contributed by atoms with Crippen molar-refractivity contribution in [1.82, 2.24) is 10.2 Å². The van der Waals surface area contributed by atoms with Crippen LogP contribution < -0.4 is 5.32 Å². The van der Waals surface area contributed by atoms with Crippen LogP contribution in [0.5, 0.6) is 0 Å². The summed E-state index contributed by atoms with van der Waals surface area (Å²) in [6.07, 6.45) is 4.90. The van der Waals surface area contributed by atoms with Gasteiger partial charge in [0, 0.05) is 18.6 Å². The van der Waals surface area contributed by atoms with Crippen molar-refractivity contribution in [2.24, 2.45) is 11.8 Å². The summed E-state index contributed by atoms with van der Waals surface area (Å²) in [6.45, 7) is 13.9. The number of piperidine rings is 1. The zero-order chi connectivity index (χ0) is 14.3. The van der Waals surface area contributed by atoms with Gasteiger partial charge in [-0.2, -0.15) is 0 Å². The molecule has 0 amide bonds. The molecule has 0 bridgehead atoms. The number of rotatable bonds is 8. The maximum absolute atomic E-state index is 9.46. The van der Waals surface area contributed by atoms with Gasteiger partial charge < -0.3 is 15.3 Å². The summed E-state index contributed by atoms with van der Waals surface area (Å²) in [6, 6.07) is 0. The Bertz CT molecular complexity index is 237. The van der Waals surface area contributed by atoms with Crippen molar-refractivity contribution in [3.63, 3.8) is 0 Å². The first-order valence-electron chi connectivity index (χ1n) is 8.07. The van der Waals surface area contributed by atoms with Crippen molar-refractivity contribution >= 4 is 0 Å². The Morgan fingerprint density at radius 1 is 1.21 bits per heavy atom. The molecular weight excluding hydrogens is 236 g/mol. The first kappa shape index (κ1) is 16.9. The normalized spacial score (nSPS) is 28.3. The Morgan fingerprint density at radius 3 is 2.37 bits per heavy atom. The van der Waals surface area contributed by atoms with Crippen LogP contribution in [0.4, 0.5) is 0 Å². The fourth-order valence-electron chi connectivity index (χ4n) is 3.48. The van der Waals surface area contributed by atoms with Gasteiger partial charge in [0.25, 0.3) is 0 Å². The summed E-state index contributed by atoms with van der Waals surface area (Å²) in [4.78, 5) is 2.63. The van der Waals surface area contributed by atoms with Crippen LogP contribution in [0.2, 0.25) is 0 Å². The zero-order valence-corrected chi connectivity index (χ0v) is 13.4. The van der Waals surface area contributed by atoms with Crippen LogP contribution >= 0.6 is 0 Å². The van der Waals surface area contributed by atoms with Crippen molar-refractivity contribution in [1.29, 1.82) is 0 Å². The Kier molecular flexibility index (Phi) is 7.33. The maximum atomic E-state index is 9.46. The third kappa shape index (κ3) is 6.24. The molecule has 0 saturated carbocycles. The molecule has 2 N–H and O–H groups in total. The second kappa shape index (κ2) is 8.23. The monoisotopic (exact) mass is 270 g/mol. The van der Waals surface area contributed by atoms with Crippen molar-refractivity contribution < 1.29 is 5.11 Å². The molecule has 19 heavy (non-hydrogen) atoms. The number of aliphatic hydroxyl groups is 1. The lowest BCUT2D eigenvalue weighted by atomic mass is 9.91. The standard InChI is InChI=1S/C16H34N2O/c1-5-17-16(4,13-19)8-6-7-9-18-11-14(2)10-15(3)12-18/h14-15,17,19H,5-13H2,1-4H3. The molecule has 3 atom stereocenters. The van der Waals surface area contributed by atoms with E-state index >= 15 is 0 Å². The third-order valence-corrected chi connectivity index (χ3v) is 4.35. The van der Waals surface area contributed by atoms with E-state index in [1.54, 1.807) is 0 Å². The summed E-state index contributed by atoms with van der Waals surface area (Å²) in [7, 11) is 0. The highest BCUT2D eigenvalue weighted by Crippen LogP contribution is 2.21. The first-order chi connectivity index (χ1) is 8.99. The Hall–Kier alpha value is -0.120. The summed E-state index contributed by atoms with van der Waals surface area (Å²) < 4.78 is 0. The molecular formula is C16H34N2O. The SMILES string of the molecule is CCNC(C)(CO)CCCCN1CC(C)CC(C)C1. The van der Waals surface area contributed by atoms with Crippen LogP contribution in [-0.2, 0) is 0 Å². The van der Waals surface area contributed by atoms with E-state index in [-0.39, 0.29) is 12.1 Å². The van der Waals surface area contributed by atoms with Gasteiger partial charge in [0.05, 0.1) is 6.61 Å². The van der Waals surface area contributed by atoms with E-state index in [4.69, 9.17) is 0 Å². The molecule has 0 aromatic heterocycles. The second-order valence-corrected chi connectivity index (χ2v) is 6.91. The van der Waals surface area contributed by atoms with Gasteiger partial charge in [-0.15, -0.1) is 0 Å². The summed E-state index contributed by atoms with van der Waals surface area (Å²) in [5.41, 5.74) is -0.0861. The van der Waals surface area contributed by atoms with Gasteiger partial charge in [0.2, 0.25) is 0 Å². The third-order valence-electron chi connectivity index (χ3n) is 4.35. The van der Waals surface area contributed by atoms with E-state index in [1.807, 2.05) is 0 Å². The summed E-state index contributed by atoms with van der Waals surface area (Å²) in [5.74, 6) is 1.71. The number of hydrogen-bond acceptors (Lipinski definition) is 3. The molecule has 1 saturated heterocycles. The lowest BCUT2D eigenvalue weighted by Gasteiger charge is -2.35. The molecule has 114 valence electrons. The van der Waals surface area contributed by atoms with Gasteiger partial charge in [-0.1, -0.05) is 27.2 Å². The van der Waals surface area contributed by atoms with E-state index < -0.39 is 0 Å². The smallest absolute Gasteiger partial charge is 0.0610 e. The molecule has 0 aromatic carbocycles. The lowest BCUT2D eigenvalue weighted by molar-refractivity contribution is 0.133. The maximum Gasteiger partial charge on any atom is 0.0610 e. The van der Waals surface area contributed by atoms with Crippen LogP contribution in [0.1, 0.15) is 53.4 Å². The van der Waals surface area contributed by atoms with Crippen molar-refractivity contribution in [2.75, 3.05) is 32.8 Å². The molecule has 3 heteroatoms. The van der Waals surface area contributed by atoms with Crippen LogP contribution in [0, 0.1) is 11.8 Å². The van der Waals surface area contributed by atoms with E-state index in [1.165, 1.54) is 38.9 Å². The highest BCUT2D eigenvalue weighted by molar-refractivity contribution is 4.82. The molecule has 3 nitrogen and oxygen atoms in total. The summed E-state index contributed by atoms with van der Waals surface area (Å²) in [5, 5.41) is 12.9. The van der Waals surface area contributed by atoms with Gasteiger partial charge in [-0.25, -0.2) is 0 Å².